The second-order valence-corrected chi connectivity index (χ2v) is 5.49. The lowest BCUT2D eigenvalue weighted by molar-refractivity contribution is -0.137. The Balaban J connectivity index is 1.63. The van der Waals surface area contributed by atoms with Crippen LogP contribution in [0.1, 0.15) is 48.1 Å². The first kappa shape index (κ1) is 13.8. The number of aryl methyl sites for hydroxylation is 2. The van der Waals surface area contributed by atoms with E-state index >= 15 is 0 Å². The minimum absolute atomic E-state index is 0.133. The van der Waals surface area contributed by atoms with Crippen LogP contribution in [0.2, 0.25) is 0 Å². The summed E-state index contributed by atoms with van der Waals surface area (Å²) in [4.78, 5) is 10.5. The molecule has 1 N–H and O–H groups in total. The fourth-order valence-corrected chi connectivity index (χ4v) is 2.83. The van der Waals surface area contributed by atoms with Crippen LogP contribution in [0.4, 0.5) is 0 Å². The third kappa shape index (κ3) is 3.29. The third-order valence-corrected chi connectivity index (χ3v) is 3.96. The monoisotopic (exact) mass is 286 g/mol. The van der Waals surface area contributed by atoms with Gasteiger partial charge in [0.15, 0.2) is 0 Å². The fraction of sp³-hybridized carbons (Fsp3) is 0.438. The van der Waals surface area contributed by atoms with Gasteiger partial charge in [0.25, 0.3) is 0 Å². The van der Waals surface area contributed by atoms with Gasteiger partial charge in [-0.15, -0.1) is 10.2 Å². The van der Waals surface area contributed by atoms with E-state index < -0.39 is 5.97 Å². The maximum atomic E-state index is 10.5. The number of fused-ring (bicyclic) bond motifs is 1. The average Bonchev–Trinajstić information content (AvgIpc) is 2.95. The summed E-state index contributed by atoms with van der Waals surface area (Å²) in [7, 11) is 0. The van der Waals surface area contributed by atoms with Crippen LogP contribution in [0.5, 0.6) is 0 Å². The lowest BCUT2D eigenvalue weighted by Crippen LogP contribution is -2.12. The van der Waals surface area contributed by atoms with E-state index in [2.05, 4.69) is 34.5 Å². The van der Waals surface area contributed by atoms with Crippen molar-refractivity contribution >= 4 is 5.97 Å². The van der Waals surface area contributed by atoms with E-state index in [1.807, 2.05) is 0 Å². The van der Waals surface area contributed by atoms with Crippen LogP contribution in [-0.4, -0.2) is 21.3 Å². The number of aromatic nitrogens is 2. The molecule has 1 heterocycles. The van der Waals surface area contributed by atoms with Crippen LogP contribution >= 0.6 is 0 Å². The summed E-state index contributed by atoms with van der Waals surface area (Å²) in [6.07, 6.45) is 4.19. The zero-order valence-electron chi connectivity index (χ0n) is 11.8. The summed E-state index contributed by atoms with van der Waals surface area (Å²) < 4.78 is 5.70. The molecule has 0 saturated carbocycles. The topological polar surface area (TPSA) is 76.2 Å². The Hall–Kier alpha value is -2.17. The van der Waals surface area contributed by atoms with Crippen LogP contribution in [-0.2, 0) is 24.1 Å². The van der Waals surface area contributed by atoms with Crippen molar-refractivity contribution in [2.45, 2.75) is 44.4 Å². The molecule has 110 valence electrons. The van der Waals surface area contributed by atoms with Crippen molar-refractivity contribution in [3.05, 3.63) is 47.2 Å². The van der Waals surface area contributed by atoms with Crippen molar-refractivity contribution in [1.82, 2.24) is 10.2 Å². The Morgan fingerprint density at radius 2 is 2.10 bits per heavy atom. The van der Waals surface area contributed by atoms with Gasteiger partial charge in [0, 0.05) is 18.8 Å². The molecule has 1 aliphatic carbocycles. The van der Waals surface area contributed by atoms with Crippen molar-refractivity contribution in [3.8, 4) is 0 Å². The van der Waals surface area contributed by atoms with Crippen molar-refractivity contribution in [3.63, 3.8) is 0 Å². The minimum Gasteiger partial charge on any atom is -0.481 e. The van der Waals surface area contributed by atoms with Gasteiger partial charge in [-0.3, -0.25) is 4.79 Å². The molecule has 1 aliphatic rings. The summed E-state index contributed by atoms with van der Waals surface area (Å²) in [5, 5.41) is 16.8. The summed E-state index contributed by atoms with van der Waals surface area (Å²) in [5.74, 6) is 0.721. The Kier molecular flexibility index (Phi) is 3.99. The summed E-state index contributed by atoms with van der Waals surface area (Å²) in [5.41, 5.74) is 2.77. The predicted molar refractivity (Wildman–Crippen MR) is 76.1 cm³/mol. The summed E-state index contributed by atoms with van der Waals surface area (Å²) in [6, 6.07) is 8.47. The molecule has 1 atom stereocenters. The number of hydrogen-bond donors (Lipinski definition) is 1. The molecule has 1 unspecified atom stereocenters. The fourth-order valence-electron chi connectivity index (χ4n) is 2.83. The quantitative estimate of drug-likeness (QED) is 0.914. The highest BCUT2D eigenvalue weighted by Gasteiger charge is 2.24. The first-order valence-corrected chi connectivity index (χ1v) is 7.33. The molecule has 2 aromatic rings. The highest BCUT2D eigenvalue weighted by Crippen LogP contribution is 2.31. The van der Waals surface area contributed by atoms with Gasteiger partial charge >= 0.3 is 5.97 Å². The maximum absolute atomic E-state index is 10.5. The first-order chi connectivity index (χ1) is 10.2. The van der Waals surface area contributed by atoms with Gasteiger partial charge in [0.2, 0.25) is 11.8 Å². The molecule has 1 aromatic carbocycles. The molecule has 0 fully saturated rings. The standard InChI is InChI=1S/C16H18N2O3/c19-15(20)7-3-6-14-17-18-16(21-14)13-9-8-11-4-1-2-5-12(11)10-13/h1-2,4-5,13H,3,6-10H2,(H,19,20). The highest BCUT2D eigenvalue weighted by molar-refractivity contribution is 5.66. The number of aliphatic carboxylic acids is 1. The number of hydrogen-bond acceptors (Lipinski definition) is 4. The lowest BCUT2D eigenvalue weighted by atomic mass is 9.84. The summed E-state index contributed by atoms with van der Waals surface area (Å²) >= 11 is 0. The Morgan fingerprint density at radius 3 is 2.90 bits per heavy atom. The number of carbonyl (C=O) groups is 1. The molecule has 0 saturated heterocycles. The number of benzene rings is 1. The lowest BCUT2D eigenvalue weighted by Gasteiger charge is -2.21. The van der Waals surface area contributed by atoms with Crippen LogP contribution in [0.3, 0.4) is 0 Å². The van der Waals surface area contributed by atoms with Crippen LogP contribution < -0.4 is 0 Å². The van der Waals surface area contributed by atoms with E-state index in [0.29, 0.717) is 24.6 Å². The van der Waals surface area contributed by atoms with E-state index in [-0.39, 0.29) is 12.3 Å². The second-order valence-electron chi connectivity index (χ2n) is 5.49. The average molecular weight is 286 g/mol. The largest absolute Gasteiger partial charge is 0.481 e. The van der Waals surface area contributed by atoms with Crippen LogP contribution in [0, 0.1) is 0 Å². The molecule has 5 nitrogen and oxygen atoms in total. The number of rotatable bonds is 5. The van der Waals surface area contributed by atoms with Crippen LogP contribution in [0.25, 0.3) is 0 Å². The zero-order chi connectivity index (χ0) is 14.7. The first-order valence-electron chi connectivity index (χ1n) is 7.33. The van der Waals surface area contributed by atoms with E-state index in [0.717, 1.165) is 19.3 Å². The number of nitrogens with zero attached hydrogens (tertiary/aromatic N) is 2. The Bertz CT molecular complexity index is 636. The van der Waals surface area contributed by atoms with Crippen molar-refractivity contribution < 1.29 is 14.3 Å². The molecule has 5 heteroatoms. The predicted octanol–water partition coefficient (Wildman–Crippen LogP) is 2.75. The normalized spacial score (nSPS) is 17.4. The number of carboxylic acid groups (broad SMARTS) is 1. The van der Waals surface area contributed by atoms with Gasteiger partial charge in [0.1, 0.15) is 0 Å². The molecule has 1 aromatic heterocycles. The highest BCUT2D eigenvalue weighted by atomic mass is 16.4. The van der Waals surface area contributed by atoms with Gasteiger partial charge in [-0.1, -0.05) is 24.3 Å². The van der Waals surface area contributed by atoms with E-state index in [4.69, 9.17) is 9.52 Å². The van der Waals surface area contributed by atoms with Gasteiger partial charge in [-0.05, 0) is 36.8 Å². The molecular weight excluding hydrogens is 268 g/mol. The van der Waals surface area contributed by atoms with Crippen molar-refractivity contribution in [1.29, 1.82) is 0 Å². The van der Waals surface area contributed by atoms with Crippen LogP contribution in [0.15, 0.2) is 28.7 Å². The Labute approximate surface area is 123 Å². The SMILES string of the molecule is O=C(O)CCCc1nnc(C2CCc3ccccc3C2)o1. The second kappa shape index (κ2) is 6.08. The molecule has 0 amide bonds. The van der Waals surface area contributed by atoms with Gasteiger partial charge in [-0.2, -0.15) is 0 Å². The van der Waals surface area contributed by atoms with Gasteiger partial charge in [-0.25, -0.2) is 0 Å². The molecule has 0 spiro atoms. The maximum Gasteiger partial charge on any atom is 0.303 e. The Morgan fingerprint density at radius 1 is 1.29 bits per heavy atom. The van der Waals surface area contributed by atoms with Crippen molar-refractivity contribution in [2.75, 3.05) is 0 Å². The molecule has 0 radical (unpaired) electrons. The zero-order valence-corrected chi connectivity index (χ0v) is 11.8. The van der Waals surface area contributed by atoms with Crippen molar-refractivity contribution in [2.24, 2.45) is 0 Å². The molecule has 3 rings (SSSR count). The third-order valence-electron chi connectivity index (χ3n) is 3.96. The van der Waals surface area contributed by atoms with E-state index in [1.165, 1.54) is 11.1 Å². The smallest absolute Gasteiger partial charge is 0.303 e. The van der Waals surface area contributed by atoms with E-state index in [9.17, 15) is 4.79 Å². The molecule has 0 bridgehead atoms. The molecule has 0 aliphatic heterocycles. The molecule has 21 heavy (non-hydrogen) atoms. The minimum atomic E-state index is -0.793. The molecular formula is C16H18N2O3. The summed E-state index contributed by atoms with van der Waals surface area (Å²) in [6.45, 7) is 0. The number of carboxylic acids is 1. The van der Waals surface area contributed by atoms with Gasteiger partial charge < -0.3 is 9.52 Å². The van der Waals surface area contributed by atoms with Gasteiger partial charge in [0.05, 0.1) is 0 Å². The van der Waals surface area contributed by atoms with E-state index in [1.54, 1.807) is 0 Å².